The second kappa shape index (κ2) is 8.63. The van der Waals surface area contributed by atoms with E-state index in [0.717, 1.165) is 38.2 Å². The topological polar surface area (TPSA) is 44.8 Å². The summed E-state index contributed by atoms with van der Waals surface area (Å²) < 4.78 is 18.7. The number of methoxy groups -OCH3 is 1. The zero-order valence-electron chi connectivity index (χ0n) is 15.8. The van der Waals surface area contributed by atoms with Crippen LogP contribution in [0.2, 0.25) is 0 Å². The molecule has 5 nitrogen and oxygen atoms in total. The van der Waals surface area contributed by atoms with Crippen LogP contribution in [0.5, 0.6) is 5.75 Å². The summed E-state index contributed by atoms with van der Waals surface area (Å²) in [5, 5.41) is 3.07. The fourth-order valence-corrected chi connectivity index (χ4v) is 2.88. The smallest absolute Gasteiger partial charge is 0.234 e. The first kappa shape index (κ1) is 19.7. The minimum absolute atomic E-state index is 0.0810. The Balaban J connectivity index is 1.78. The first-order valence-corrected chi connectivity index (χ1v) is 8.91. The lowest BCUT2D eigenvalue weighted by Crippen LogP contribution is -2.52. The standard InChI is InChI=1S/C19H30FN3O2/c1-5-19(2,3)21-18(24)14-23-10-8-22(9-11-23)13-15-6-7-17(25-4)16(20)12-15/h6-7,12H,5,8-11,13-14H2,1-4H3,(H,21,24). The molecule has 1 aliphatic rings. The van der Waals surface area contributed by atoms with Crippen molar-refractivity contribution in [1.29, 1.82) is 0 Å². The summed E-state index contributed by atoms with van der Waals surface area (Å²) in [5.74, 6) is 0.0287. The summed E-state index contributed by atoms with van der Waals surface area (Å²) in [4.78, 5) is 16.6. The van der Waals surface area contributed by atoms with Gasteiger partial charge < -0.3 is 10.1 Å². The minimum atomic E-state index is -0.325. The number of nitrogens with one attached hydrogen (secondary N) is 1. The predicted octanol–water partition coefficient (Wildman–Crippen LogP) is 2.26. The molecule has 0 unspecified atom stereocenters. The van der Waals surface area contributed by atoms with E-state index in [2.05, 4.69) is 22.0 Å². The third kappa shape index (κ3) is 5.97. The van der Waals surface area contributed by atoms with Gasteiger partial charge in [0.25, 0.3) is 0 Å². The molecule has 25 heavy (non-hydrogen) atoms. The maximum atomic E-state index is 13.8. The Labute approximate surface area is 150 Å². The molecule has 0 aliphatic carbocycles. The fraction of sp³-hybridized carbons (Fsp3) is 0.632. The largest absolute Gasteiger partial charge is 0.494 e. The van der Waals surface area contributed by atoms with Crippen LogP contribution in [0.25, 0.3) is 0 Å². The monoisotopic (exact) mass is 351 g/mol. The van der Waals surface area contributed by atoms with Gasteiger partial charge in [-0.25, -0.2) is 4.39 Å². The molecule has 1 aliphatic heterocycles. The number of hydrogen-bond acceptors (Lipinski definition) is 4. The molecule has 1 saturated heterocycles. The van der Waals surface area contributed by atoms with E-state index < -0.39 is 0 Å². The summed E-state index contributed by atoms with van der Waals surface area (Å²) in [6, 6.07) is 5.10. The number of amides is 1. The molecular formula is C19H30FN3O2. The summed E-state index contributed by atoms with van der Waals surface area (Å²) in [6.45, 7) is 10.7. The molecule has 1 amide bonds. The molecule has 2 rings (SSSR count). The van der Waals surface area contributed by atoms with Crippen molar-refractivity contribution in [3.63, 3.8) is 0 Å². The van der Waals surface area contributed by atoms with Crippen molar-refractivity contribution in [2.75, 3.05) is 39.8 Å². The van der Waals surface area contributed by atoms with E-state index in [1.807, 2.05) is 19.9 Å². The maximum absolute atomic E-state index is 13.8. The lowest BCUT2D eigenvalue weighted by molar-refractivity contribution is -0.124. The van der Waals surface area contributed by atoms with Gasteiger partial charge in [-0.2, -0.15) is 0 Å². The Kier molecular flexibility index (Phi) is 6.79. The van der Waals surface area contributed by atoms with Gasteiger partial charge in [-0.05, 0) is 38.0 Å². The molecule has 0 spiro atoms. The SMILES string of the molecule is CCC(C)(C)NC(=O)CN1CCN(Cc2ccc(OC)c(F)c2)CC1. The van der Waals surface area contributed by atoms with Gasteiger partial charge >= 0.3 is 0 Å². The molecule has 6 heteroatoms. The molecular weight excluding hydrogens is 321 g/mol. The quantitative estimate of drug-likeness (QED) is 0.818. The van der Waals surface area contributed by atoms with Crippen molar-refractivity contribution < 1.29 is 13.9 Å². The highest BCUT2D eigenvalue weighted by atomic mass is 19.1. The average Bonchev–Trinajstić information content (AvgIpc) is 2.56. The van der Waals surface area contributed by atoms with Gasteiger partial charge in [0, 0.05) is 38.3 Å². The van der Waals surface area contributed by atoms with Gasteiger partial charge in [0.2, 0.25) is 5.91 Å². The van der Waals surface area contributed by atoms with Gasteiger partial charge in [0.15, 0.2) is 11.6 Å². The second-order valence-electron chi connectivity index (χ2n) is 7.31. The number of ether oxygens (including phenoxy) is 1. The van der Waals surface area contributed by atoms with E-state index in [0.29, 0.717) is 13.1 Å². The second-order valence-corrected chi connectivity index (χ2v) is 7.31. The van der Waals surface area contributed by atoms with Crippen molar-refractivity contribution in [1.82, 2.24) is 15.1 Å². The van der Waals surface area contributed by atoms with Crippen molar-refractivity contribution in [2.45, 2.75) is 39.3 Å². The number of halogens is 1. The van der Waals surface area contributed by atoms with Crippen molar-refractivity contribution in [3.05, 3.63) is 29.6 Å². The molecule has 1 heterocycles. The highest BCUT2D eigenvalue weighted by Gasteiger charge is 2.22. The lowest BCUT2D eigenvalue weighted by Gasteiger charge is -2.35. The van der Waals surface area contributed by atoms with Crippen LogP contribution in [-0.4, -0.2) is 61.1 Å². The lowest BCUT2D eigenvalue weighted by atomic mass is 10.0. The first-order valence-electron chi connectivity index (χ1n) is 8.91. The van der Waals surface area contributed by atoms with Gasteiger partial charge in [-0.3, -0.25) is 14.6 Å². The zero-order chi connectivity index (χ0) is 18.4. The van der Waals surface area contributed by atoms with Crippen molar-refractivity contribution in [2.24, 2.45) is 0 Å². The third-order valence-electron chi connectivity index (χ3n) is 4.82. The van der Waals surface area contributed by atoms with Crippen LogP contribution in [0.15, 0.2) is 18.2 Å². The number of rotatable bonds is 7. The predicted molar refractivity (Wildman–Crippen MR) is 97.2 cm³/mol. The van der Waals surface area contributed by atoms with E-state index in [-0.39, 0.29) is 23.0 Å². The number of hydrogen-bond donors (Lipinski definition) is 1. The summed E-state index contributed by atoms with van der Waals surface area (Å²) in [7, 11) is 1.47. The van der Waals surface area contributed by atoms with Crippen LogP contribution in [-0.2, 0) is 11.3 Å². The molecule has 1 aromatic carbocycles. The van der Waals surface area contributed by atoms with Crippen LogP contribution in [0.3, 0.4) is 0 Å². The summed E-state index contributed by atoms with van der Waals surface area (Å²) >= 11 is 0. The highest BCUT2D eigenvalue weighted by molar-refractivity contribution is 5.78. The van der Waals surface area contributed by atoms with Crippen LogP contribution in [0, 0.1) is 5.82 Å². The minimum Gasteiger partial charge on any atom is -0.494 e. The van der Waals surface area contributed by atoms with E-state index in [1.54, 1.807) is 6.07 Å². The molecule has 140 valence electrons. The Morgan fingerprint density at radius 3 is 2.44 bits per heavy atom. The molecule has 0 bridgehead atoms. The zero-order valence-corrected chi connectivity index (χ0v) is 15.8. The van der Waals surface area contributed by atoms with Crippen molar-refractivity contribution in [3.8, 4) is 5.75 Å². The van der Waals surface area contributed by atoms with Gasteiger partial charge in [-0.1, -0.05) is 13.0 Å². The third-order valence-corrected chi connectivity index (χ3v) is 4.82. The molecule has 0 atom stereocenters. The summed E-state index contributed by atoms with van der Waals surface area (Å²) in [6.07, 6.45) is 0.908. The molecule has 1 N–H and O–H groups in total. The number of carbonyl (C=O) groups is 1. The van der Waals surface area contributed by atoms with Crippen LogP contribution in [0.1, 0.15) is 32.8 Å². The highest BCUT2D eigenvalue weighted by Crippen LogP contribution is 2.19. The Morgan fingerprint density at radius 1 is 1.24 bits per heavy atom. The van der Waals surface area contributed by atoms with Gasteiger partial charge in [0.05, 0.1) is 13.7 Å². The van der Waals surface area contributed by atoms with Crippen molar-refractivity contribution >= 4 is 5.91 Å². The Hall–Kier alpha value is -1.66. The maximum Gasteiger partial charge on any atom is 0.234 e. The molecule has 0 radical (unpaired) electrons. The Morgan fingerprint density at radius 2 is 1.88 bits per heavy atom. The van der Waals surface area contributed by atoms with E-state index in [9.17, 15) is 9.18 Å². The molecule has 0 saturated carbocycles. The number of carbonyl (C=O) groups excluding carboxylic acids is 1. The molecule has 1 aromatic rings. The number of piperazine rings is 1. The van der Waals surface area contributed by atoms with E-state index in [1.165, 1.54) is 13.2 Å². The van der Waals surface area contributed by atoms with Gasteiger partial charge in [-0.15, -0.1) is 0 Å². The number of benzene rings is 1. The molecule has 0 aromatic heterocycles. The Bertz CT molecular complexity index is 584. The van der Waals surface area contributed by atoms with E-state index >= 15 is 0 Å². The number of nitrogens with zero attached hydrogens (tertiary/aromatic N) is 2. The van der Waals surface area contributed by atoms with E-state index in [4.69, 9.17) is 4.74 Å². The van der Waals surface area contributed by atoms with Crippen LogP contribution < -0.4 is 10.1 Å². The normalized spacial score (nSPS) is 16.7. The first-order chi connectivity index (χ1) is 11.8. The fourth-order valence-electron chi connectivity index (χ4n) is 2.88. The summed E-state index contributed by atoms with van der Waals surface area (Å²) in [5.41, 5.74) is 0.784. The van der Waals surface area contributed by atoms with Crippen LogP contribution in [0.4, 0.5) is 4.39 Å². The van der Waals surface area contributed by atoms with Gasteiger partial charge in [0.1, 0.15) is 0 Å². The van der Waals surface area contributed by atoms with Crippen LogP contribution >= 0.6 is 0 Å². The molecule has 1 fully saturated rings. The average molecular weight is 351 g/mol.